The Balaban J connectivity index is 2.30. The molecule has 0 atom stereocenters. The molecule has 0 aliphatic carbocycles. The minimum atomic E-state index is 0.927. The molecule has 0 aliphatic rings. The van der Waals surface area contributed by atoms with E-state index < -0.39 is 0 Å². The molecule has 0 saturated heterocycles. The number of allylic oxidation sites excluding steroid dienone is 1. The third kappa shape index (κ3) is 2.51. The minimum absolute atomic E-state index is 0.927. The molecule has 1 aromatic carbocycles. The van der Waals surface area contributed by atoms with E-state index in [-0.39, 0.29) is 0 Å². The molecule has 15 heavy (non-hydrogen) atoms. The molecule has 2 rings (SSSR count). The number of alkyl halides is 1. The first kappa shape index (κ1) is 10.5. The molecule has 2 heteroatoms. The van der Waals surface area contributed by atoms with E-state index >= 15 is 0 Å². The van der Waals surface area contributed by atoms with E-state index in [2.05, 4.69) is 47.1 Å². The Kier molecular flexibility index (Phi) is 3.27. The highest BCUT2D eigenvalue weighted by Gasteiger charge is 2.00. The number of hydrogen-bond donors (Lipinski definition) is 0. The average Bonchev–Trinajstić information content (AvgIpc) is 2.60. The molecule has 2 aromatic rings. The van der Waals surface area contributed by atoms with Crippen LogP contribution in [0.25, 0.3) is 17.0 Å². The third-order valence-corrected chi connectivity index (χ3v) is 2.71. The number of rotatable bonds is 3. The largest absolute Gasteiger partial charge is 0.457 e. The molecule has 1 nitrogen and oxygen atoms in total. The first-order valence-electron chi connectivity index (χ1n) is 5.02. The van der Waals surface area contributed by atoms with Crippen LogP contribution in [0.1, 0.15) is 17.7 Å². The van der Waals surface area contributed by atoms with Gasteiger partial charge in [-0.3, -0.25) is 0 Å². The van der Waals surface area contributed by atoms with Gasteiger partial charge in [-0.05, 0) is 37.6 Å². The van der Waals surface area contributed by atoms with Crippen LogP contribution in [-0.4, -0.2) is 5.33 Å². The molecular formula is C13H13BrO. The summed E-state index contributed by atoms with van der Waals surface area (Å²) >= 11 is 3.39. The summed E-state index contributed by atoms with van der Waals surface area (Å²) in [5.74, 6) is 0.927. The summed E-state index contributed by atoms with van der Waals surface area (Å²) in [5.41, 5.74) is 2.22. The number of furan rings is 1. The fourth-order valence-electron chi connectivity index (χ4n) is 1.53. The van der Waals surface area contributed by atoms with Crippen LogP contribution in [-0.2, 0) is 0 Å². The lowest BCUT2D eigenvalue weighted by atomic mass is 10.2. The van der Waals surface area contributed by atoms with Crippen molar-refractivity contribution in [3.63, 3.8) is 0 Å². The lowest BCUT2D eigenvalue weighted by molar-refractivity contribution is 0.604. The zero-order valence-corrected chi connectivity index (χ0v) is 10.3. The van der Waals surface area contributed by atoms with Crippen LogP contribution in [0, 0.1) is 6.92 Å². The highest BCUT2D eigenvalue weighted by molar-refractivity contribution is 9.09. The van der Waals surface area contributed by atoms with Gasteiger partial charge in [-0.2, -0.15) is 0 Å². The van der Waals surface area contributed by atoms with Crippen molar-refractivity contribution in [3.05, 3.63) is 41.7 Å². The summed E-state index contributed by atoms with van der Waals surface area (Å²) < 4.78 is 5.67. The molecule has 0 bridgehead atoms. The predicted octanol–water partition coefficient (Wildman–Crippen LogP) is 4.54. The number of benzene rings is 1. The fourth-order valence-corrected chi connectivity index (χ4v) is 1.79. The summed E-state index contributed by atoms with van der Waals surface area (Å²) in [4.78, 5) is 0. The predicted molar refractivity (Wildman–Crippen MR) is 68.4 cm³/mol. The molecule has 0 saturated carbocycles. The minimum Gasteiger partial charge on any atom is -0.457 e. The van der Waals surface area contributed by atoms with Crippen molar-refractivity contribution in [2.45, 2.75) is 13.3 Å². The molecule has 1 aromatic heterocycles. The maximum Gasteiger partial charge on any atom is 0.134 e. The van der Waals surface area contributed by atoms with Gasteiger partial charge in [0.05, 0.1) is 0 Å². The van der Waals surface area contributed by atoms with Gasteiger partial charge in [0.15, 0.2) is 0 Å². The average molecular weight is 265 g/mol. The number of hydrogen-bond acceptors (Lipinski definition) is 1. The Labute approximate surface area is 97.9 Å². The van der Waals surface area contributed by atoms with Crippen molar-refractivity contribution < 1.29 is 4.42 Å². The van der Waals surface area contributed by atoms with Crippen LogP contribution in [0.2, 0.25) is 0 Å². The molecule has 0 aliphatic heterocycles. The van der Waals surface area contributed by atoms with Crippen molar-refractivity contribution >= 4 is 33.0 Å². The lowest BCUT2D eigenvalue weighted by Crippen LogP contribution is -1.67. The van der Waals surface area contributed by atoms with E-state index in [1.165, 1.54) is 10.9 Å². The Hall–Kier alpha value is -1.02. The number of halogens is 1. The third-order valence-electron chi connectivity index (χ3n) is 2.25. The maximum atomic E-state index is 5.67. The molecule has 0 fully saturated rings. The van der Waals surface area contributed by atoms with E-state index in [9.17, 15) is 0 Å². The van der Waals surface area contributed by atoms with Gasteiger partial charge in [-0.1, -0.05) is 33.6 Å². The molecule has 0 amide bonds. The Bertz CT molecular complexity index is 482. The fraction of sp³-hybridized carbons (Fsp3) is 0.231. The summed E-state index contributed by atoms with van der Waals surface area (Å²) in [7, 11) is 0. The summed E-state index contributed by atoms with van der Waals surface area (Å²) in [6, 6.07) is 8.30. The van der Waals surface area contributed by atoms with E-state index in [1.54, 1.807) is 0 Å². The van der Waals surface area contributed by atoms with Crippen molar-refractivity contribution in [2.24, 2.45) is 0 Å². The van der Waals surface area contributed by atoms with Crippen LogP contribution in [0.3, 0.4) is 0 Å². The SMILES string of the molecule is Cc1ccc2oc(/C=C/CCBr)cc2c1. The molecule has 0 radical (unpaired) electrons. The second-order valence-electron chi connectivity index (χ2n) is 3.57. The summed E-state index contributed by atoms with van der Waals surface area (Å²) in [5, 5.41) is 2.16. The Morgan fingerprint density at radius 1 is 1.33 bits per heavy atom. The standard InChI is InChI=1S/C13H13BrO/c1-10-5-6-13-11(8-10)9-12(15-13)4-2-3-7-14/h2,4-6,8-9H,3,7H2,1H3/b4-2+. The molecule has 78 valence electrons. The molecule has 1 heterocycles. The van der Waals surface area contributed by atoms with Crippen molar-refractivity contribution in [1.82, 2.24) is 0 Å². The second kappa shape index (κ2) is 4.67. The molecular weight excluding hydrogens is 252 g/mol. The zero-order valence-electron chi connectivity index (χ0n) is 8.66. The maximum absolute atomic E-state index is 5.67. The van der Waals surface area contributed by atoms with E-state index in [0.717, 1.165) is 23.1 Å². The monoisotopic (exact) mass is 264 g/mol. The normalized spacial score (nSPS) is 11.6. The van der Waals surface area contributed by atoms with Gasteiger partial charge in [0.25, 0.3) is 0 Å². The number of aryl methyl sites for hydroxylation is 1. The quantitative estimate of drug-likeness (QED) is 0.742. The summed E-state index contributed by atoms with van der Waals surface area (Å²) in [6.45, 7) is 2.09. The van der Waals surface area contributed by atoms with Gasteiger partial charge in [0, 0.05) is 10.7 Å². The van der Waals surface area contributed by atoms with Gasteiger partial charge >= 0.3 is 0 Å². The van der Waals surface area contributed by atoms with Crippen LogP contribution in [0.4, 0.5) is 0 Å². The van der Waals surface area contributed by atoms with Crippen LogP contribution in [0.15, 0.2) is 34.8 Å². The first-order valence-corrected chi connectivity index (χ1v) is 6.14. The second-order valence-corrected chi connectivity index (χ2v) is 4.36. The van der Waals surface area contributed by atoms with Crippen molar-refractivity contribution in [1.29, 1.82) is 0 Å². The van der Waals surface area contributed by atoms with Crippen LogP contribution in [0.5, 0.6) is 0 Å². The lowest BCUT2D eigenvalue weighted by Gasteiger charge is -1.89. The van der Waals surface area contributed by atoms with Crippen molar-refractivity contribution in [3.8, 4) is 0 Å². The molecule has 0 N–H and O–H groups in total. The van der Waals surface area contributed by atoms with Gasteiger partial charge in [-0.15, -0.1) is 0 Å². The summed E-state index contributed by atoms with van der Waals surface area (Å²) in [6.07, 6.45) is 5.16. The van der Waals surface area contributed by atoms with Gasteiger partial charge in [-0.25, -0.2) is 0 Å². The van der Waals surface area contributed by atoms with E-state index in [1.807, 2.05) is 12.1 Å². The van der Waals surface area contributed by atoms with E-state index in [4.69, 9.17) is 4.42 Å². The van der Waals surface area contributed by atoms with Gasteiger partial charge in [0.1, 0.15) is 11.3 Å². The molecule has 0 spiro atoms. The highest BCUT2D eigenvalue weighted by atomic mass is 79.9. The Morgan fingerprint density at radius 2 is 2.20 bits per heavy atom. The van der Waals surface area contributed by atoms with E-state index in [0.29, 0.717) is 0 Å². The smallest absolute Gasteiger partial charge is 0.134 e. The van der Waals surface area contributed by atoms with Crippen molar-refractivity contribution in [2.75, 3.05) is 5.33 Å². The van der Waals surface area contributed by atoms with Crippen LogP contribution < -0.4 is 0 Å². The Morgan fingerprint density at radius 3 is 3.00 bits per heavy atom. The highest BCUT2D eigenvalue weighted by Crippen LogP contribution is 2.21. The van der Waals surface area contributed by atoms with Gasteiger partial charge < -0.3 is 4.42 Å². The molecule has 0 unspecified atom stereocenters. The zero-order chi connectivity index (χ0) is 10.7. The number of fused-ring (bicyclic) bond motifs is 1. The first-order chi connectivity index (χ1) is 7.29. The topological polar surface area (TPSA) is 13.1 Å². The van der Waals surface area contributed by atoms with Crippen LogP contribution >= 0.6 is 15.9 Å². The van der Waals surface area contributed by atoms with Gasteiger partial charge in [0.2, 0.25) is 0 Å².